The lowest BCUT2D eigenvalue weighted by molar-refractivity contribution is -0.389. The third-order valence-electron chi connectivity index (χ3n) is 1.99. The van der Waals surface area contributed by atoms with Gasteiger partial charge in [-0.2, -0.15) is 0 Å². The van der Waals surface area contributed by atoms with Crippen molar-refractivity contribution in [3.05, 3.63) is 27.6 Å². The molecule has 0 spiro atoms. The van der Waals surface area contributed by atoms with Gasteiger partial charge >= 0.3 is 18.0 Å². The van der Waals surface area contributed by atoms with Crippen LogP contribution >= 0.6 is 0 Å². The Kier molecular flexibility index (Phi) is 4.60. The molecule has 1 aromatic rings. The van der Waals surface area contributed by atoms with E-state index in [1.54, 1.807) is 0 Å². The van der Waals surface area contributed by atoms with Crippen molar-refractivity contribution < 1.29 is 41.5 Å². The van der Waals surface area contributed by atoms with Gasteiger partial charge in [-0.05, 0) is 0 Å². The average molecular weight is 316 g/mol. The first-order valence-corrected chi connectivity index (χ1v) is 4.95. The van der Waals surface area contributed by atoms with Gasteiger partial charge in [-0.15, -0.1) is 13.2 Å². The Hall–Kier alpha value is -2.53. The Balaban J connectivity index is 3.50. The molecular formula is C9H5F5N2O5. The molecule has 1 heterocycles. The van der Waals surface area contributed by atoms with Crippen molar-refractivity contribution in [3.8, 4) is 5.75 Å². The monoisotopic (exact) mass is 316 g/mol. The number of carboxylic acid groups (broad SMARTS) is 1. The summed E-state index contributed by atoms with van der Waals surface area (Å²) in [5.74, 6) is -3.32. The van der Waals surface area contributed by atoms with Gasteiger partial charge in [0.15, 0.2) is 5.69 Å². The second-order valence-electron chi connectivity index (χ2n) is 3.52. The molecule has 12 heteroatoms. The van der Waals surface area contributed by atoms with E-state index in [9.17, 15) is 36.9 Å². The van der Waals surface area contributed by atoms with Gasteiger partial charge in [0.05, 0.1) is 17.0 Å². The Bertz CT molecular complexity index is 574. The lowest BCUT2D eigenvalue weighted by Crippen LogP contribution is -2.20. The van der Waals surface area contributed by atoms with Crippen LogP contribution in [0.5, 0.6) is 5.75 Å². The molecule has 1 rings (SSSR count). The van der Waals surface area contributed by atoms with Gasteiger partial charge in [0, 0.05) is 6.07 Å². The van der Waals surface area contributed by atoms with Crippen molar-refractivity contribution in [1.29, 1.82) is 0 Å². The van der Waals surface area contributed by atoms with Crippen molar-refractivity contribution in [1.82, 2.24) is 4.98 Å². The standard InChI is InChI=1S/C9H5F5N2O5/c10-8(11)6-7(21-9(12,13)14)4(16(19)20)1-3(15-6)2-5(17)18/h1,8H,2H2,(H,17,18). The van der Waals surface area contributed by atoms with E-state index in [1.165, 1.54) is 0 Å². The Morgan fingerprint density at radius 1 is 1.48 bits per heavy atom. The second-order valence-corrected chi connectivity index (χ2v) is 3.52. The summed E-state index contributed by atoms with van der Waals surface area (Å²) in [6, 6.07) is 0.334. The van der Waals surface area contributed by atoms with Crippen molar-refractivity contribution in [2.24, 2.45) is 0 Å². The van der Waals surface area contributed by atoms with Crippen molar-refractivity contribution in [3.63, 3.8) is 0 Å². The maximum absolute atomic E-state index is 12.7. The van der Waals surface area contributed by atoms with Gasteiger partial charge in [0.2, 0.25) is 5.75 Å². The Morgan fingerprint density at radius 3 is 2.43 bits per heavy atom. The Labute approximate surface area is 112 Å². The first-order chi connectivity index (χ1) is 9.51. The molecule has 0 saturated carbocycles. The van der Waals surface area contributed by atoms with E-state index >= 15 is 0 Å². The van der Waals surface area contributed by atoms with Crippen LogP contribution in [0.4, 0.5) is 27.6 Å². The summed E-state index contributed by atoms with van der Waals surface area (Å²) in [6.07, 6.45) is -10.1. The first-order valence-electron chi connectivity index (χ1n) is 4.95. The number of carbonyl (C=O) groups is 1. The van der Waals surface area contributed by atoms with E-state index in [0.29, 0.717) is 6.07 Å². The lowest BCUT2D eigenvalue weighted by Gasteiger charge is -2.13. The second kappa shape index (κ2) is 5.85. The summed E-state index contributed by atoms with van der Waals surface area (Å²) in [5, 5.41) is 19.1. The van der Waals surface area contributed by atoms with E-state index in [4.69, 9.17) is 5.11 Å². The van der Waals surface area contributed by atoms with Gasteiger partial charge in [-0.25, -0.2) is 13.8 Å². The van der Waals surface area contributed by atoms with Crippen molar-refractivity contribution in [2.75, 3.05) is 0 Å². The fourth-order valence-corrected chi connectivity index (χ4v) is 1.34. The number of nitrogens with zero attached hydrogens (tertiary/aromatic N) is 2. The highest BCUT2D eigenvalue weighted by molar-refractivity contribution is 5.70. The van der Waals surface area contributed by atoms with Crippen LogP contribution in [0, 0.1) is 10.1 Å². The third kappa shape index (κ3) is 4.50. The number of hydrogen-bond donors (Lipinski definition) is 1. The molecular weight excluding hydrogens is 311 g/mol. The van der Waals surface area contributed by atoms with Crippen LogP contribution in [0.15, 0.2) is 6.07 Å². The van der Waals surface area contributed by atoms with Crippen LogP contribution in [0.2, 0.25) is 0 Å². The van der Waals surface area contributed by atoms with Gasteiger partial charge in [-0.1, -0.05) is 0 Å². The first kappa shape index (κ1) is 16.5. The van der Waals surface area contributed by atoms with Gasteiger partial charge in [0.25, 0.3) is 6.43 Å². The minimum atomic E-state index is -5.45. The number of aliphatic carboxylic acids is 1. The average Bonchev–Trinajstić information content (AvgIpc) is 2.27. The number of pyridine rings is 1. The summed E-state index contributed by atoms with van der Waals surface area (Å²) >= 11 is 0. The summed E-state index contributed by atoms with van der Waals surface area (Å²) in [7, 11) is 0. The molecule has 0 bridgehead atoms. The number of hydrogen-bond acceptors (Lipinski definition) is 5. The molecule has 0 aliphatic carbocycles. The van der Waals surface area contributed by atoms with Gasteiger partial charge < -0.3 is 9.84 Å². The fraction of sp³-hybridized carbons (Fsp3) is 0.333. The number of alkyl halides is 5. The molecule has 0 saturated heterocycles. The molecule has 1 N–H and O–H groups in total. The highest BCUT2D eigenvalue weighted by Crippen LogP contribution is 2.39. The van der Waals surface area contributed by atoms with Crippen molar-refractivity contribution in [2.45, 2.75) is 19.2 Å². The predicted octanol–water partition coefficient (Wildman–Crippen LogP) is 2.45. The van der Waals surface area contributed by atoms with Crippen LogP contribution in [-0.2, 0) is 11.2 Å². The number of nitro groups is 1. The maximum Gasteiger partial charge on any atom is 0.573 e. The summed E-state index contributed by atoms with van der Waals surface area (Å²) in [6.45, 7) is 0. The minimum Gasteiger partial charge on any atom is -0.481 e. The molecule has 0 atom stereocenters. The molecule has 0 aromatic carbocycles. The molecule has 0 unspecified atom stereocenters. The molecule has 21 heavy (non-hydrogen) atoms. The zero-order valence-corrected chi connectivity index (χ0v) is 9.73. The maximum atomic E-state index is 12.7. The fourth-order valence-electron chi connectivity index (χ4n) is 1.34. The summed E-state index contributed by atoms with van der Waals surface area (Å²) in [5.41, 5.74) is -3.80. The highest BCUT2D eigenvalue weighted by Gasteiger charge is 2.38. The molecule has 7 nitrogen and oxygen atoms in total. The topological polar surface area (TPSA) is 103 Å². The van der Waals surface area contributed by atoms with E-state index in [1.807, 2.05) is 0 Å². The zero-order valence-electron chi connectivity index (χ0n) is 9.73. The number of rotatable bonds is 5. The van der Waals surface area contributed by atoms with Gasteiger partial charge in [-0.3, -0.25) is 14.9 Å². The summed E-state index contributed by atoms with van der Waals surface area (Å²) in [4.78, 5) is 22.7. The molecule has 0 fully saturated rings. The van der Waals surface area contributed by atoms with E-state index in [2.05, 4.69) is 9.72 Å². The number of halogens is 5. The van der Waals surface area contributed by atoms with Crippen LogP contribution in [0.25, 0.3) is 0 Å². The van der Waals surface area contributed by atoms with Crippen LogP contribution < -0.4 is 4.74 Å². The smallest absolute Gasteiger partial charge is 0.481 e. The van der Waals surface area contributed by atoms with Crippen LogP contribution in [-0.4, -0.2) is 27.3 Å². The predicted molar refractivity (Wildman–Crippen MR) is 53.9 cm³/mol. The third-order valence-corrected chi connectivity index (χ3v) is 1.99. The lowest BCUT2D eigenvalue weighted by atomic mass is 10.2. The normalized spacial score (nSPS) is 11.5. The molecule has 116 valence electrons. The zero-order chi connectivity index (χ0) is 16.4. The van der Waals surface area contributed by atoms with E-state index < -0.39 is 52.9 Å². The molecule has 0 aliphatic rings. The van der Waals surface area contributed by atoms with Gasteiger partial charge in [0.1, 0.15) is 0 Å². The van der Waals surface area contributed by atoms with E-state index in [-0.39, 0.29) is 0 Å². The number of aromatic nitrogens is 1. The molecule has 1 aromatic heterocycles. The molecule has 0 aliphatic heterocycles. The van der Waals surface area contributed by atoms with Crippen LogP contribution in [0.3, 0.4) is 0 Å². The molecule has 0 radical (unpaired) electrons. The SMILES string of the molecule is O=C(O)Cc1cc([N+](=O)[O-])c(OC(F)(F)F)c(C(F)F)n1. The highest BCUT2D eigenvalue weighted by atomic mass is 19.4. The number of carboxylic acids is 1. The van der Waals surface area contributed by atoms with Crippen LogP contribution in [0.1, 0.15) is 17.8 Å². The van der Waals surface area contributed by atoms with Crippen molar-refractivity contribution >= 4 is 11.7 Å². The molecule has 0 amide bonds. The minimum absolute atomic E-state index is 0.334. The summed E-state index contributed by atoms with van der Waals surface area (Å²) < 4.78 is 65.0. The largest absolute Gasteiger partial charge is 0.573 e. The Morgan fingerprint density at radius 2 is 2.05 bits per heavy atom. The quantitative estimate of drug-likeness (QED) is 0.508. The van der Waals surface area contributed by atoms with E-state index in [0.717, 1.165) is 0 Å². The number of ether oxygens (including phenoxy) is 1.